The SMILES string of the molecule is CC[C@@H](OC(=O)[C@@H]1CC(=O)N(c2cc(OC)ccc2OC)C1)C(=O)c1ccccc1. The molecular weight excluding hydrogens is 386 g/mol. The second kappa shape index (κ2) is 9.43. The first-order chi connectivity index (χ1) is 14.5. The minimum Gasteiger partial charge on any atom is -0.497 e. The Labute approximate surface area is 175 Å². The van der Waals surface area contributed by atoms with Crippen LogP contribution in [0.15, 0.2) is 48.5 Å². The zero-order valence-electron chi connectivity index (χ0n) is 17.3. The van der Waals surface area contributed by atoms with Gasteiger partial charge in [-0.05, 0) is 18.6 Å². The number of benzene rings is 2. The molecule has 0 unspecified atom stereocenters. The monoisotopic (exact) mass is 411 g/mol. The van der Waals surface area contributed by atoms with E-state index in [0.29, 0.717) is 29.2 Å². The predicted octanol–water partition coefficient (Wildman–Crippen LogP) is 3.26. The number of ketones is 1. The van der Waals surface area contributed by atoms with Crippen molar-refractivity contribution in [3.8, 4) is 11.5 Å². The molecule has 2 atom stereocenters. The highest BCUT2D eigenvalue weighted by Gasteiger charge is 2.38. The van der Waals surface area contributed by atoms with Crippen molar-refractivity contribution in [2.75, 3.05) is 25.7 Å². The van der Waals surface area contributed by atoms with E-state index in [1.165, 1.54) is 19.1 Å². The maximum Gasteiger partial charge on any atom is 0.312 e. The highest BCUT2D eigenvalue weighted by Crippen LogP contribution is 2.36. The number of ether oxygens (including phenoxy) is 3. The Morgan fingerprint density at radius 1 is 1.10 bits per heavy atom. The average molecular weight is 411 g/mol. The lowest BCUT2D eigenvalue weighted by Gasteiger charge is -2.21. The third-order valence-electron chi connectivity index (χ3n) is 5.12. The van der Waals surface area contributed by atoms with E-state index in [0.717, 1.165) is 0 Å². The molecular formula is C23H25NO6. The van der Waals surface area contributed by atoms with Crippen molar-refractivity contribution in [1.29, 1.82) is 0 Å². The van der Waals surface area contributed by atoms with Crippen molar-refractivity contribution >= 4 is 23.3 Å². The molecule has 1 aliphatic heterocycles. The van der Waals surface area contributed by atoms with Gasteiger partial charge in [-0.25, -0.2) is 0 Å². The van der Waals surface area contributed by atoms with Crippen LogP contribution >= 0.6 is 0 Å². The van der Waals surface area contributed by atoms with Gasteiger partial charge in [0, 0.05) is 24.6 Å². The van der Waals surface area contributed by atoms with Gasteiger partial charge in [-0.1, -0.05) is 37.3 Å². The third kappa shape index (κ3) is 4.45. The molecule has 0 radical (unpaired) electrons. The Bertz CT molecular complexity index is 927. The molecule has 7 nitrogen and oxygen atoms in total. The number of carbonyl (C=O) groups is 3. The quantitative estimate of drug-likeness (QED) is 0.490. The maximum absolute atomic E-state index is 12.7. The molecule has 0 saturated carbocycles. The molecule has 0 bridgehead atoms. The van der Waals surface area contributed by atoms with Crippen LogP contribution in [0.25, 0.3) is 0 Å². The molecule has 0 spiro atoms. The zero-order chi connectivity index (χ0) is 21.7. The molecule has 2 aromatic rings. The van der Waals surface area contributed by atoms with Crippen LogP contribution in [0.2, 0.25) is 0 Å². The summed E-state index contributed by atoms with van der Waals surface area (Å²) in [6.45, 7) is 1.93. The van der Waals surface area contributed by atoms with Gasteiger partial charge in [-0.2, -0.15) is 0 Å². The van der Waals surface area contributed by atoms with Gasteiger partial charge in [0.2, 0.25) is 11.7 Å². The molecule has 0 aliphatic carbocycles. The summed E-state index contributed by atoms with van der Waals surface area (Å²) in [5.74, 6) is -0.601. The van der Waals surface area contributed by atoms with Crippen LogP contribution in [0, 0.1) is 5.92 Å². The first-order valence-electron chi connectivity index (χ1n) is 9.80. The molecule has 7 heteroatoms. The number of hydrogen-bond donors (Lipinski definition) is 0. The van der Waals surface area contributed by atoms with Crippen LogP contribution in [0.3, 0.4) is 0 Å². The lowest BCUT2D eigenvalue weighted by atomic mass is 10.0. The molecule has 0 N–H and O–H groups in total. The van der Waals surface area contributed by atoms with Gasteiger partial charge in [0.25, 0.3) is 0 Å². The number of amides is 1. The fraction of sp³-hybridized carbons (Fsp3) is 0.348. The van der Waals surface area contributed by atoms with E-state index in [1.54, 1.807) is 49.4 Å². The molecule has 30 heavy (non-hydrogen) atoms. The van der Waals surface area contributed by atoms with Gasteiger partial charge < -0.3 is 19.1 Å². The van der Waals surface area contributed by atoms with Crippen LogP contribution in [0.4, 0.5) is 5.69 Å². The second-order valence-electron chi connectivity index (χ2n) is 7.01. The molecule has 3 rings (SSSR count). The lowest BCUT2D eigenvalue weighted by molar-refractivity contribution is -0.151. The van der Waals surface area contributed by atoms with Gasteiger partial charge in [-0.15, -0.1) is 0 Å². The van der Waals surface area contributed by atoms with Crippen LogP contribution in [0.5, 0.6) is 11.5 Å². The van der Waals surface area contributed by atoms with Crippen molar-refractivity contribution in [3.05, 3.63) is 54.1 Å². The summed E-state index contributed by atoms with van der Waals surface area (Å²) < 4.78 is 16.1. The van der Waals surface area contributed by atoms with Crippen LogP contribution < -0.4 is 14.4 Å². The summed E-state index contributed by atoms with van der Waals surface area (Å²) in [4.78, 5) is 39.5. The minimum absolute atomic E-state index is 0.00909. The van der Waals surface area contributed by atoms with Gasteiger partial charge >= 0.3 is 5.97 Å². The van der Waals surface area contributed by atoms with Crippen molar-refractivity contribution in [1.82, 2.24) is 0 Å². The standard InChI is InChI=1S/C23H25NO6/c1-4-19(22(26)15-8-6-5-7-9-15)30-23(27)16-12-21(25)24(14-16)18-13-17(28-2)10-11-20(18)29-3/h5-11,13,16,19H,4,12,14H2,1-3H3/t16-,19-/m1/s1. The first kappa shape index (κ1) is 21.4. The summed E-state index contributed by atoms with van der Waals surface area (Å²) in [6, 6.07) is 13.8. The Balaban J connectivity index is 1.73. The van der Waals surface area contributed by atoms with Crippen LogP contribution in [0.1, 0.15) is 30.1 Å². The fourth-order valence-electron chi connectivity index (χ4n) is 3.45. The molecule has 1 heterocycles. The molecule has 1 saturated heterocycles. The normalized spacial score (nSPS) is 16.8. The van der Waals surface area contributed by atoms with Crippen LogP contribution in [-0.4, -0.2) is 44.5 Å². The molecule has 1 amide bonds. The van der Waals surface area contributed by atoms with Crippen molar-refractivity contribution in [2.45, 2.75) is 25.9 Å². The number of esters is 1. The van der Waals surface area contributed by atoms with Gasteiger partial charge in [0.1, 0.15) is 11.5 Å². The van der Waals surface area contributed by atoms with Crippen molar-refractivity contribution in [2.24, 2.45) is 5.92 Å². The number of hydrogen-bond acceptors (Lipinski definition) is 6. The third-order valence-corrected chi connectivity index (χ3v) is 5.12. The van der Waals surface area contributed by atoms with E-state index in [4.69, 9.17) is 14.2 Å². The van der Waals surface area contributed by atoms with E-state index >= 15 is 0 Å². The Hall–Kier alpha value is -3.35. The van der Waals surface area contributed by atoms with E-state index < -0.39 is 18.0 Å². The van der Waals surface area contributed by atoms with E-state index in [-0.39, 0.29) is 24.7 Å². The minimum atomic E-state index is -0.879. The van der Waals surface area contributed by atoms with Gasteiger partial charge in [-0.3, -0.25) is 14.4 Å². The van der Waals surface area contributed by atoms with Gasteiger partial charge in [0.05, 0.1) is 25.8 Å². The number of nitrogens with zero attached hydrogens (tertiary/aromatic N) is 1. The Morgan fingerprint density at radius 2 is 1.83 bits per heavy atom. The summed E-state index contributed by atoms with van der Waals surface area (Å²) >= 11 is 0. The zero-order valence-corrected chi connectivity index (χ0v) is 17.3. The molecule has 0 aromatic heterocycles. The van der Waals surface area contributed by atoms with E-state index in [1.807, 2.05) is 6.07 Å². The summed E-state index contributed by atoms with van der Waals surface area (Å²) in [5, 5.41) is 0. The van der Waals surface area contributed by atoms with Gasteiger partial charge in [0.15, 0.2) is 6.10 Å². The average Bonchev–Trinajstić information content (AvgIpc) is 3.18. The van der Waals surface area contributed by atoms with E-state index in [2.05, 4.69) is 0 Å². The summed E-state index contributed by atoms with van der Waals surface area (Å²) in [6.07, 6.45) is -0.515. The Morgan fingerprint density at radius 3 is 2.47 bits per heavy atom. The highest BCUT2D eigenvalue weighted by molar-refractivity contribution is 6.02. The molecule has 1 aliphatic rings. The Kier molecular flexibility index (Phi) is 6.72. The number of rotatable bonds is 8. The van der Waals surface area contributed by atoms with E-state index in [9.17, 15) is 14.4 Å². The lowest BCUT2D eigenvalue weighted by Crippen LogP contribution is -2.31. The largest absolute Gasteiger partial charge is 0.497 e. The maximum atomic E-state index is 12.7. The van der Waals surface area contributed by atoms with Crippen molar-refractivity contribution in [3.63, 3.8) is 0 Å². The number of anilines is 1. The molecule has 158 valence electrons. The number of Topliss-reactive ketones (excluding diaryl/α,β-unsaturated/α-hetero) is 1. The summed E-state index contributed by atoms with van der Waals surface area (Å²) in [5.41, 5.74) is 1.02. The molecule has 2 aromatic carbocycles. The smallest absolute Gasteiger partial charge is 0.312 e. The molecule has 1 fully saturated rings. The second-order valence-corrected chi connectivity index (χ2v) is 7.01. The number of carbonyl (C=O) groups excluding carboxylic acids is 3. The van der Waals surface area contributed by atoms with Crippen molar-refractivity contribution < 1.29 is 28.6 Å². The van der Waals surface area contributed by atoms with Crippen LogP contribution in [-0.2, 0) is 14.3 Å². The topological polar surface area (TPSA) is 82.1 Å². The summed E-state index contributed by atoms with van der Waals surface area (Å²) in [7, 11) is 3.05. The fourth-order valence-corrected chi connectivity index (χ4v) is 3.45. The predicted molar refractivity (Wildman–Crippen MR) is 111 cm³/mol. The number of methoxy groups -OCH3 is 2. The first-order valence-corrected chi connectivity index (χ1v) is 9.80. The highest BCUT2D eigenvalue weighted by atomic mass is 16.5.